The number of amides is 2. The number of hydrogen-bond donors (Lipinski definition) is 3. The molecule has 0 aromatic carbocycles. The number of nitrogens with zero attached hydrogens (tertiary/aromatic N) is 1. The van der Waals surface area contributed by atoms with E-state index in [1.165, 1.54) is 0 Å². The molecule has 1 heterocycles. The minimum atomic E-state index is -0.851. The van der Waals surface area contributed by atoms with Gasteiger partial charge in [-0.15, -0.1) is 0 Å². The second-order valence-electron chi connectivity index (χ2n) is 4.21. The van der Waals surface area contributed by atoms with Gasteiger partial charge in [0.2, 0.25) is 0 Å². The highest BCUT2D eigenvalue weighted by Crippen LogP contribution is 2.18. The summed E-state index contributed by atoms with van der Waals surface area (Å²) in [5.41, 5.74) is 0. The standard InChI is InChI=1S/C11H21N3O3S/c1-12-3-2-4-13-11(17)14-5-6-18-8-9(14)7-10(15)16/h9,12H,2-8H2,1H3,(H,13,17)(H,15,16). The monoisotopic (exact) mass is 275 g/mol. The predicted molar refractivity (Wildman–Crippen MR) is 72.0 cm³/mol. The van der Waals surface area contributed by atoms with Crippen LogP contribution in [0.25, 0.3) is 0 Å². The van der Waals surface area contributed by atoms with Crippen molar-refractivity contribution < 1.29 is 14.7 Å². The number of nitrogens with one attached hydrogen (secondary N) is 2. The third-order valence-electron chi connectivity index (χ3n) is 2.78. The molecule has 1 aliphatic heterocycles. The predicted octanol–water partition coefficient (Wildman–Crippen LogP) is 0.198. The third kappa shape index (κ3) is 5.14. The zero-order chi connectivity index (χ0) is 13.4. The van der Waals surface area contributed by atoms with E-state index in [0.717, 1.165) is 18.7 Å². The molecule has 6 nitrogen and oxygen atoms in total. The van der Waals surface area contributed by atoms with Gasteiger partial charge in [-0.2, -0.15) is 11.8 Å². The number of rotatable bonds is 6. The maximum atomic E-state index is 11.9. The molecule has 3 N–H and O–H groups in total. The lowest BCUT2D eigenvalue weighted by atomic mass is 10.2. The first-order chi connectivity index (χ1) is 8.65. The summed E-state index contributed by atoms with van der Waals surface area (Å²) in [5, 5.41) is 14.7. The first kappa shape index (κ1) is 15.1. The number of carboxylic acid groups (broad SMARTS) is 1. The molecular formula is C11H21N3O3S. The van der Waals surface area contributed by atoms with E-state index in [1.807, 2.05) is 7.05 Å². The summed E-state index contributed by atoms with van der Waals surface area (Å²) in [5.74, 6) is 0.728. The molecule has 2 amide bonds. The molecular weight excluding hydrogens is 254 g/mol. The Labute approximate surface area is 111 Å². The molecule has 1 atom stereocenters. The average Bonchev–Trinajstić information content (AvgIpc) is 2.34. The fraction of sp³-hybridized carbons (Fsp3) is 0.818. The molecule has 0 bridgehead atoms. The van der Waals surface area contributed by atoms with Gasteiger partial charge >= 0.3 is 12.0 Å². The summed E-state index contributed by atoms with van der Waals surface area (Å²) < 4.78 is 0. The lowest BCUT2D eigenvalue weighted by Crippen LogP contribution is -2.51. The Balaban J connectivity index is 2.39. The zero-order valence-corrected chi connectivity index (χ0v) is 11.5. The van der Waals surface area contributed by atoms with Gasteiger partial charge in [-0.05, 0) is 20.0 Å². The van der Waals surface area contributed by atoms with E-state index in [1.54, 1.807) is 16.7 Å². The number of aliphatic carboxylic acids is 1. The maximum Gasteiger partial charge on any atom is 0.317 e. The van der Waals surface area contributed by atoms with Crippen molar-refractivity contribution in [2.24, 2.45) is 0 Å². The molecule has 104 valence electrons. The van der Waals surface area contributed by atoms with Crippen LogP contribution in [0.2, 0.25) is 0 Å². The second-order valence-corrected chi connectivity index (χ2v) is 5.36. The molecule has 1 rings (SSSR count). The lowest BCUT2D eigenvalue weighted by molar-refractivity contribution is -0.137. The van der Waals surface area contributed by atoms with Crippen LogP contribution in [-0.4, -0.2) is 66.2 Å². The summed E-state index contributed by atoms with van der Waals surface area (Å²) in [6.45, 7) is 2.10. The van der Waals surface area contributed by atoms with Gasteiger partial charge in [0.25, 0.3) is 0 Å². The molecule has 0 aliphatic carbocycles. The van der Waals surface area contributed by atoms with Gasteiger partial charge in [0.05, 0.1) is 12.5 Å². The van der Waals surface area contributed by atoms with Gasteiger partial charge in [0, 0.05) is 24.6 Å². The molecule has 0 aromatic rings. The van der Waals surface area contributed by atoms with Crippen molar-refractivity contribution in [2.75, 3.05) is 38.2 Å². The Morgan fingerprint density at radius 2 is 2.22 bits per heavy atom. The highest BCUT2D eigenvalue weighted by atomic mass is 32.2. The highest BCUT2D eigenvalue weighted by molar-refractivity contribution is 7.99. The lowest BCUT2D eigenvalue weighted by Gasteiger charge is -2.34. The molecule has 0 radical (unpaired) electrons. The fourth-order valence-corrected chi connectivity index (χ4v) is 2.92. The van der Waals surface area contributed by atoms with Crippen molar-refractivity contribution in [3.63, 3.8) is 0 Å². The molecule has 1 unspecified atom stereocenters. The van der Waals surface area contributed by atoms with Gasteiger partial charge in [0.15, 0.2) is 0 Å². The van der Waals surface area contributed by atoms with Crippen LogP contribution >= 0.6 is 11.8 Å². The van der Waals surface area contributed by atoms with Crippen LogP contribution in [-0.2, 0) is 4.79 Å². The van der Waals surface area contributed by atoms with Gasteiger partial charge in [-0.3, -0.25) is 4.79 Å². The highest BCUT2D eigenvalue weighted by Gasteiger charge is 2.28. The Morgan fingerprint density at radius 3 is 2.89 bits per heavy atom. The van der Waals surface area contributed by atoms with Crippen LogP contribution in [0.3, 0.4) is 0 Å². The van der Waals surface area contributed by atoms with Crippen LogP contribution in [0, 0.1) is 0 Å². The SMILES string of the molecule is CNCCCNC(=O)N1CCSCC1CC(=O)O. The van der Waals surface area contributed by atoms with Crippen LogP contribution in [0.1, 0.15) is 12.8 Å². The number of hydrogen-bond acceptors (Lipinski definition) is 4. The summed E-state index contributed by atoms with van der Waals surface area (Å²) in [7, 11) is 1.87. The minimum absolute atomic E-state index is 0.0247. The van der Waals surface area contributed by atoms with Crippen molar-refractivity contribution in [3.8, 4) is 0 Å². The van der Waals surface area contributed by atoms with Crippen LogP contribution < -0.4 is 10.6 Å². The number of carboxylic acids is 1. The molecule has 1 aliphatic rings. The Morgan fingerprint density at radius 1 is 1.44 bits per heavy atom. The Bertz CT molecular complexity index is 289. The molecule has 1 saturated heterocycles. The van der Waals surface area contributed by atoms with E-state index in [0.29, 0.717) is 18.8 Å². The Kier molecular flexibility index (Phi) is 6.89. The summed E-state index contributed by atoms with van der Waals surface area (Å²) in [4.78, 5) is 24.4. The molecule has 1 fully saturated rings. The smallest absolute Gasteiger partial charge is 0.317 e. The van der Waals surface area contributed by atoms with Gasteiger partial charge in [0.1, 0.15) is 0 Å². The van der Waals surface area contributed by atoms with Gasteiger partial charge in [-0.25, -0.2) is 4.79 Å². The first-order valence-electron chi connectivity index (χ1n) is 6.13. The summed E-state index contributed by atoms with van der Waals surface area (Å²) in [6, 6.07) is -0.330. The normalized spacial score (nSPS) is 19.6. The first-order valence-corrected chi connectivity index (χ1v) is 7.29. The van der Waals surface area contributed by atoms with E-state index in [9.17, 15) is 9.59 Å². The van der Waals surface area contributed by atoms with Gasteiger partial charge < -0.3 is 20.6 Å². The van der Waals surface area contributed by atoms with Crippen molar-refractivity contribution in [1.82, 2.24) is 15.5 Å². The fourth-order valence-electron chi connectivity index (χ4n) is 1.85. The molecule has 7 heteroatoms. The third-order valence-corrected chi connectivity index (χ3v) is 3.87. The molecule has 0 spiro atoms. The van der Waals surface area contributed by atoms with Crippen molar-refractivity contribution >= 4 is 23.8 Å². The van der Waals surface area contributed by atoms with E-state index in [4.69, 9.17) is 5.11 Å². The van der Waals surface area contributed by atoms with Crippen LogP contribution in [0.4, 0.5) is 4.79 Å². The number of carbonyl (C=O) groups is 2. The second kappa shape index (κ2) is 8.20. The molecule has 0 saturated carbocycles. The summed E-state index contributed by atoms with van der Waals surface area (Å²) >= 11 is 1.70. The number of thioether (sulfide) groups is 1. The van der Waals surface area contributed by atoms with E-state index in [2.05, 4.69) is 10.6 Å². The maximum absolute atomic E-state index is 11.9. The number of carbonyl (C=O) groups excluding carboxylic acids is 1. The molecule has 18 heavy (non-hydrogen) atoms. The van der Waals surface area contributed by atoms with E-state index < -0.39 is 5.97 Å². The van der Waals surface area contributed by atoms with E-state index in [-0.39, 0.29) is 18.5 Å². The van der Waals surface area contributed by atoms with Crippen molar-refractivity contribution in [3.05, 3.63) is 0 Å². The largest absolute Gasteiger partial charge is 0.481 e. The van der Waals surface area contributed by atoms with Gasteiger partial charge in [-0.1, -0.05) is 0 Å². The minimum Gasteiger partial charge on any atom is -0.481 e. The van der Waals surface area contributed by atoms with Crippen LogP contribution in [0.15, 0.2) is 0 Å². The quantitative estimate of drug-likeness (QED) is 0.603. The molecule has 0 aromatic heterocycles. The summed E-state index contributed by atoms with van der Waals surface area (Å²) in [6.07, 6.45) is 0.894. The average molecular weight is 275 g/mol. The Hall–Kier alpha value is -0.950. The topological polar surface area (TPSA) is 81.7 Å². The van der Waals surface area contributed by atoms with Crippen molar-refractivity contribution in [2.45, 2.75) is 18.9 Å². The van der Waals surface area contributed by atoms with E-state index >= 15 is 0 Å². The van der Waals surface area contributed by atoms with Crippen LogP contribution in [0.5, 0.6) is 0 Å². The van der Waals surface area contributed by atoms with Crippen molar-refractivity contribution in [1.29, 1.82) is 0 Å². The number of urea groups is 1. The zero-order valence-electron chi connectivity index (χ0n) is 10.6.